The summed E-state index contributed by atoms with van der Waals surface area (Å²) in [4.78, 5) is 2.24. The molecule has 0 aliphatic carbocycles. The molecule has 0 aliphatic heterocycles. The monoisotopic (exact) mass is 493 g/mol. The lowest BCUT2D eigenvalue weighted by molar-refractivity contribution is 0.0197. The molecule has 0 aromatic rings. The summed E-state index contributed by atoms with van der Waals surface area (Å²) >= 11 is 0. The van der Waals surface area contributed by atoms with Gasteiger partial charge in [0.2, 0.25) is 0 Å². The second kappa shape index (κ2) is 29.6. The normalized spacial score (nSPS) is 13.1. The van der Waals surface area contributed by atoms with Gasteiger partial charge in [-0.3, -0.25) is 0 Å². The van der Waals surface area contributed by atoms with E-state index in [-0.39, 0.29) is 0 Å². The summed E-state index contributed by atoms with van der Waals surface area (Å²) in [7, 11) is 4.26. The molecule has 0 amide bonds. The molecule has 0 saturated heterocycles. The molecule has 0 fully saturated rings. The van der Waals surface area contributed by atoms with Crippen molar-refractivity contribution in [3.05, 3.63) is 24.3 Å². The van der Waals surface area contributed by atoms with Gasteiger partial charge < -0.3 is 14.4 Å². The third-order valence-electron chi connectivity index (χ3n) is 6.73. The van der Waals surface area contributed by atoms with E-state index in [9.17, 15) is 0 Å². The first-order chi connectivity index (χ1) is 17.2. The number of hydrogen-bond acceptors (Lipinski definition) is 3. The standard InChI is InChI=1S/C32H63NO2/c1-5-7-9-11-13-14-15-16-17-18-19-20-21-23-25-27-29-35-31-32(33(3)4)30-34-28-26-24-22-12-10-8-6-2/h13-14,16-17,32H,5-12,15,18-31H2,1-4H3/b14-13-,17-16-/t32-/m0/s1. The molecule has 0 heterocycles. The highest BCUT2D eigenvalue weighted by Crippen LogP contribution is 2.09. The largest absolute Gasteiger partial charge is 0.380 e. The van der Waals surface area contributed by atoms with Crippen LogP contribution < -0.4 is 0 Å². The van der Waals surface area contributed by atoms with Crippen LogP contribution in [0.25, 0.3) is 0 Å². The van der Waals surface area contributed by atoms with Gasteiger partial charge in [-0.05, 0) is 59.0 Å². The number of nitrogens with zero attached hydrogens (tertiary/aromatic N) is 1. The Morgan fingerprint density at radius 2 is 0.914 bits per heavy atom. The Hall–Kier alpha value is -0.640. The molecule has 0 radical (unpaired) electrons. The maximum Gasteiger partial charge on any atom is 0.0644 e. The van der Waals surface area contributed by atoms with Gasteiger partial charge in [0.1, 0.15) is 0 Å². The molecule has 208 valence electrons. The van der Waals surface area contributed by atoms with Gasteiger partial charge in [-0.2, -0.15) is 0 Å². The number of hydrogen-bond donors (Lipinski definition) is 0. The van der Waals surface area contributed by atoms with Crippen molar-refractivity contribution in [2.45, 2.75) is 142 Å². The smallest absolute Gasteiger partial charge is 0.0644 e. The molecule has 3 heteroatoms. The van der Waals surface area contributed by atoms with E-state index < -0.39 is 0 Å². The van der Waals surface area contributed by atoms with Gasteiger partial charge in [-0.1, -0.05) is 115 Å². The van der Waals surface area contributed by atoms with Gasteiger partial charge in [0.25, 0.3) is 0 Å². The van der Waals surface area contributed by atoms with Gasteiger partial charge in [0.15, 0.2) is 0 Å². The second-order valence-corrected chi connectivity index (χ2v) is 10.5. The molecule has 3 nitrogen and oxygen atoms in total. The highest BCUT2D eigenvalue weighted by atomic mass is 16.5. The SMILES string of the molecule is CCCCC/C=C\C/C=C\CCCCCCCCOC[C@H](COCCCCCCCCC)N(C)C. The topological polar surface area (TPSA) is 21.7 Å². The van der Waals surface area contributed by atoms with Crippen molar-refractivity contribution in [2.75, 3.05) is 40.5 Å². The summed E-state index contributed by atoms with van der Waals surface area (Å²) in [6.45, 7) is 7.88. The molecule has 0 aromatic carbocycles. The van der Waals surface area contributed by atoms with Crippen LogP contribution >= 0.6 is 0 Å². The molecule has 35 heavy (non-hydrogen) atoms. The van der Waals surface area contributed by atoms with Gasteiger partial charge in [-0.25, -0.2) is 0 Å². The van der Waals surface area contributed by atoms with Crippen molar-refractivity contribution >= 4 is 0 Å². The zero-order chi connectivity index (χ0) is 25.7. The van der Waals surface area contributed by atoms with Crippen LogP contribution in [0.5, 0.6) is 0 Å². The van der Waals surface area contributed by atoms with Crippen molar-refractivity contribution in [2.24, 2.45) is 0 Å². The van der Waals surface area contributed by atoms with Crippen LogP contribution in [0.2, 0.25) is 0 Å². The predicted molar refractivity (Wildman–Crippen MR) is 156 cm³/mol. The first-order valence-corrected chi connectivity index (χ1v) is 15.3. The van der Waals surface area contributed by atoms with Gasteiger partial charge in [-0.15, -0.1) is 0 Å². The molecule has 0 spiro atoms. The van der Waals surface area contributed by atoms with Crippen LogP contribution in [0, 0.1) is 0 Å². The van der Waals surface area contributed by atoms with Crippen LogP contribution in [-0.2, 0) is 9.47 Å². The zero-order valence-corrected chi connectivity index (χ0v) is 24.4. The highest BCUT2D eigenvalue weighted by Gasteiger charge is 2.11. The van der Waals surface area contributed by atoms with Crippen molar-refractivity contribution < 1.29 is 9.47 Å². The molecule has 1 atom stereocenters. The maximum absolute atomic E-state index is 5.97. The minimum atomic E-state index is 0.365. The highest BCUT2D eigenvalue weighted by molar-refractivity contribution is 4.92. The van der Waals surface area contributed by atoms with Crippen molar-refractivity contribution in [3.8, 4) is 0 Å². The Kier molecular flexibility index (Phi) is 29.0. The fourth-order valence-electron chi connectivity index (χ4n) is 4.14. The number of unbranched alkanes of at least 4 members (excludes halogenated alkanes) is 15. The summed E-state index contributed by atoms with van der Waals surface area (Å²) < 4.78 is 11.9. The van der Waals surface area contributed by atoms with Crippen LogP contribution in [-0.4, -0.2) is 51.5 Å². The maximum atomic E-state index is 5.97. The van der Waals surface area contributed by atoms with Crippen molar-refractivity contribution in [1.82, 2.24) is 4.90 Å². The van der Waals surface area contributed by atoms with E-state index in [1.807, 2.05) is 0 Å². The van der Waals surface area contributed by atoms with Crippen LogP contribution in [0.1, 0.15) is 136 Å². The van der Waals surface area contributed by atoms with Crippen molar-refractivity contribution in [1.29, 1.82) is 0 Å². The number of likely N-dealkylation sites (N-methyl/N-ethyl adjacent to an activating group) is 1. The second-order valence-electron chi connectivity index (χ2n) is 10.5. The van der Waals surface area contributed by atoms with Crippen LogP contribution in [0.15, 0.2) is 24.3 Å². The Morgan fingerprint density at radius 1 is 0.514 bits per heavy atom. The predicted octanol–water partition coefficient (Wildman–Crippen LogP) is 9.51. The summed E-state index contributed by atoms with van der Waals surface area (Å²) in [6.07, 6.45) is 34.2. The number of allylic oxidation sites excluding steroid dienone is 4. The summed E-state index contributed by atoms with van der Waals surface area (Å²) in [6, 6.07) is 0.365. The molecular formula is C32H63NO2. The van der Waals surface area contributed by atoms with Crippen LogP contribution in [0.4, 0.5) is 0 Å². The summed E-state index contributed by atoms with van der Waals surface area (Å²) in [5, 5.41) is 0. The Morgan fingerprint density at radius 3 is 1.40 bits per heavy atom. The summed E-state index contributed by atoms with van der Waals surface area (Å²) in [5.41, 5.74) is 0. The number of rotatable bonds is 28. The quantitative estimate of drug-likeness (QED) is 0.0800. The first-order valence-electron chi connectivity index (χ1n) is 15.3. The lowest BCUT2D eigenvalue weighted by Gasteiger charge is -2.24. The van der Waals surface area contributed by atoms with E-state index in [0.717, 1.165) is 32.8 Å². The fraction of sp³-hybridized carbons (Fsp3) is 0.875. The molecular weight excluding hydrogens is 430 g/mol. The molecule has 0 rings (SSSR count). The van der Waals surface area contributed by atoms with Gasteiger partial charge in [0.05, 0.1) is 19.3 Å². The minimum Gasteiger partial charge on any atom is -0.380 e. The molecule has 0 N–H and O–H groups in total. The number of ether oxygens (including phenoxy) is 2. The van der Waals surface area contributed by atoms with E-state index in [1.54, 1.807) is 0 Å². The van der Waals surface area contributed by atoms with E-state index >= 15 is 0 Å². The average Bonchev–Trinajstić information content (AvgIpc) is 2.85. The Balaban J connectivity index is 3.45. The molecule has 0 saturated carbocycles. The van der Waals surface area contributed by atoms with Crippen LogP contribution in [0.3, 0.4) is 0 Å². The molecule has 0 aromatic heterocycles. The van der Waals surface area contributed by atoms with Crippen molar-refractivity contribution in [3.63, 3.8) is 0 Å². The molecule has 0 unspecified atom stereocenters. The fourth-order valence-corrected chi connectivity index (χ4v) is 4.14. The van der Waals surface area contributed by atoms with E-state index in [1.165, 1.54) is 116 Å². The summed E-state index contributed by atoms with van der Waals surface area (Å²) in [5.74, 6) is 0. The van der Waals surface area contributed by atoms with E-state index in [4.69, 9.17) is 9.47 Å². The van der Waals surface area contributed by atoms with E-state index in [0.29, 0.717) is 6.04 Å². The van der Waals surface area contributed by atoms with Gasteiger partial charge in [0, 0.05) is 13.2 Å². The lowest BCUT2D eigenvalue weighted by atomic mass is 10.1. The molecule has 0 bridgehead atoms. The Labute approximate surface area is 221 Å². The molecule has 0 aliphatic rings. The zero-order valence-electron chi connectivity index (χ0n) is 24.4. The average molecular weight is 494 g/mol. The third kappa shape index (κ3) is 27.8. The minimum absolute atomic E-state index is 0.365. The lowest BCUT2D eigenvalue weighted by Crippen LogP contribution is -2.37. The van der Waals surface area contributed by atoms with Gasteiger partial charge >= 0.3 is 0 Å². The first kappa shape index (κ1) is 34.4. The van der Waals surface area contributed by atoms with E-state index in [2.05, 4.69) is 57.1 Å². The Bertz CT molecular complexity index is 447. The third-order valence-corrected chi connectivity index (χ3v) is 6.73.